The maximum absolute atomic E-state index is 11.6. The molecule has 0 radical (unpaired) electrons. The topological polar surface area (TPSA) is 17.1 Å². The van der Waals surface area contributed by atoms with E-state index in [1.54, 1.807) is 6.08 Å². The zero-order chi connectivity index (χ0) is 12.1. The monoisotopic (exact) mass is 290 g/mol. The molecule has 17 heavy (non-hydrogen) atoms. The standard InChI is InChI=1S/C15H15BrO/c16-14-10-8-12(9-11-14)4-3-6-13-5-1-2-7-15(13)17/h2-4,7-11,13H,1,5-6H2/b4-3+. The van der Waals surface area contributed by atoms with Crippen LogP contribution in [0.1, 0.15) is 24.8 Å². The number of allylic oxidation sites excluding steroid dienone is 3. The van der Waals surface area contributed by atoms with Gasteiger partial charge in [0, 0.05) is 10.4 Å². The minimum atomic E-state index is 0.187. The lowest BCUT2D eigenvalue weighted by Gasteiger charge is -2.13. The summed E-state index contributed by atoms with van der Waals surface area (Å²) < 4.78 is 1.09. The molecule has 2 rings (SSSR count). The first kappa shape index (κ1) is 12.3. The SMILES string of the molecule is O=C1C=CCCC1C/C=C/c1ccc(Br)cc1. The molecule has 1 unspecified atom stereocenters. The minimum Gasteiger partial charge on any atom is -0.295 e. The van der Waals surface area contributed by atoms with Gasteiger partial charge in [0.05, 0.1) is 0 Å². The van der Waals surface area contributed by atoms with E-state index in [0.717, 1.165) is 23.7 Å². The third kappa shape index (κ3) is 3.67. The molecule has 1 aromatic rings. The summed E-state index contributed by atoms with van der Waals surface area (Å²) in [4.78, 5) is 11.6. The molecule has 0 saturated carbocycles. The van der Waals surface area contributed by atoms with Gasteiger partial charge >= 0.3 is 0 Å². The molecule has 1 aromatic carbocycles. The number of carbonyl (C=O) groups excluding carboxylic acids is 1. The van der Waals surface area contributed by atoms with Crippen LogP contribution in [0.4, 0.5) is 0 Å². The summed E-state index contributed by atoms with van der Waals surface area (Å²) in [6, 6.07) is 8.16. The van der Waals surface area contributed by atoms with Crippen LogP contribution in [0.15, 0.2) is 47.0 Å². The molecule has 1 aliphatic carbocycles. The fraction of sp³-hybridized carbons (Fsp3) is 0.267. The summed E-state index contributed by atoms with van der Waals surface area (Å²) in [5.74, 6) is 0.461. The zero-order valence-corrected chi connectivity index (χ0v) is 11.2. The third-order valence-corrected chi connectivity index (χ3v) is 3.50. The van der Waals surface area contributed by atoms with Crippen molar-refractivity contribution in [2.45, 2.75) is 19.3 Å². The first-order chi connectivity index (χ1) is 8.25. The molecule has 0 bridgehead atoms. The van der Waals surface area contributed by atoms with Crippen molar-refractivity contribution in [1.29, 1.82) is 0 Å². The Morgan fingerprint density at radius 1 is 1.29 bits per heavy atom. The first-order valence-electron chi connectivity index (χ1n) is 5.88. The number of hydrogen-bond donors (Lipinski definition) is 0. The molecule has 88 valence electrons. The predicted octanol–water partition coefficient (Wildman–Crippen LogP) is 4.39. The Morgan fingerprint density at radius 2 is 2.06 bits per heavy atom. The number of carbonyl (C=O) groups is 1. The highest BCUT2D eigenvalue weighted by atomic mass is 79.9. The van der Waals surface area contributed by atoms with E-state index in [2.05, 4.69) is 40.2 Å². The fourth-order valence-corrected chi connectivity index (χ4v) is 2.22. The number of ketones is 1. The van der Waals surface area contributed by atoms with E-state index in [-0.39, 0.29) is 11.7 Å². The Balaban J connectivity index is 1.91. The van der Waals surface area contributed by atoms with E-state index in [0.29, 0.717) is 0 Å². The summed E-state index contributed by atoms with van der Waals surface area (Å²) >= 11 is 3.41. The van der Waals surface area contributed by atoms with Crippen molar-refractivity contribution in [2.75, 3.05) is 0 Å². The van der Waals surface area contributed by atoms with Crippen LogP contribution in [0.2, 0.25) is 0 Å². The first-order valence-corrected chi connectivity index (χ1v) is 6.67. The van der Waals surface area contributed by atoms with Crippen LogP contribution in [0.3, 0.4) is 0 Å². The van der Waals surface area contributed by atoms with Gasteiger partial charge in [-0.05, 0) is 43.0 Å². The normalized spacial score (nSPS) is 20.1. The van der Waals surface area contributed by atoms with Crippen LogP contribution in [0.5, 0.6) is 0 Å². The van der Waals surface area contributed by atoms with Gasteiger partial charge < -0.3 is 0 Å². The van der Waals surface area contributed by atoms with E-state index in [1.807, 2.05) is 18.2 Å². The van der Waals surface area contributed by atoms with Crippen molar-refractivity contribution in [3.05, 3.63) is 52.5 Å². The summed E-state index contributed by atoms with van der Waals surface area (Å²) in [5.41, 5.74) is 1.17. The second-order valence-corrected chi connectivity index (χ2v) is 5.18. The van der Waals surface area contributed by atoms with Gasteiger partial charge in [-0.15, -0.1) is 0 Å². The second kappa shape index (κ2) is 5.97. The van der Waals surface area contributed by atoms with Crippen LogP contribution < -0.4 is 0 Å². The summed E-state index contributed by atoms with van der Waals surface area (Å²) in [6.07, 6.45) is 10.7. The van der Waals surface area contributed by atoms with Crippen molar-refractivity contribution in [3.63, 3.8) is 0 Å². The highest BCUT2D eigenvalue weighted by Gasteiger charge is 2.16. The molecule has 0 aliphatic heterocycles. The van der Waals surface area contributed by atoms with Crippen LogP contribution in [0.25, 0.3) is 6.08 Å². The molecule has 0 fully saturated rings. The van der Waals surface area contributed by atoms with Crippen molar-refractivity contribution >= 4 is 27.8 Å². The van der Waals surface area contributed by atoms with Crippen LogP contribution >= 0.6 is 15.9 Å². The van der Waals surface area contributed by atoms with Gasteiger partial charge in [-0.25, -0.2) is 0 Å². The van der Waals surface area contributed by atoms with Crippen molar-refractivity contribution in [3.8, 4) is 0 Å². The quantitative estimate of drug-likeness (QED) is 0.807. The molecular weight excluding hydrogens is 276 g/mol. The summed E-state index contributed by atoms with van der Waals surface area (Å²) in [6.45, 7) is 0. The van der Waals surface area contributed by atoms with Gasteiger partial charge in [0.1, 0.15) is 0 Å². The zero-order valence-electron chi connectivity index (χ0n) is 9.60. The Morgan fingerprint density at radius 3 is 2.76 bits per heavy atom. The van der Waals surface area contributed by atoms with Crippen molar-refractivity contribution in [1.82, 2.24) is 0 Å². The van der Waals surface area contributed by atoms with Crippen LogP contribution in [-0.2, 0) is 4.79 Å². The average molecular weight is 291 g/mol. The number of rotatable bonds is 3. The van der Waals surface area contributed by atoms with Crippen molar-refractivity contribution < 1.29 is 4.79 Å². The van der Waals surface area contributed by atoms with Crippen LogP contribution in [-0.4, -0.2) is 5.78 Å². The maximum Gasteiger partial charge on any atom is 0.158 e. The van der Waals surface area contributed by atoms with Gasteiger partial charge in [-0.1, -0.05) is 46.3 Å². The van der Waals surface area contributed by atoms with Gasteiger partial charge in [0.2, 0.25) is 0 Å². The fourth-order valence-electron chi connectivity index (χ4n) is 1.95. The maximum atomic E-state index is 11.6. The Kier molecular flexibility index (Phi) is 4.32. The van der Waals surface area contributed by atoms with Gasteiger partial charge in [0.15, 0.2) is 5.78 Å². The lowest BCUT2D eigenvalue weighted by atomic mass is 9.90. The third-order valence-electron chi connectivity index (χ3n) is 2.97. The Hall–Kier alpha value is -1.15. The van der Waals surface area contributed by atoms with E-state index < -0.39 is 0 Å². The molecule has 0 N–H and O–H groups in total. The minimum absolute atomic E-state index is 0.187. The largest absolute Gasteiger partial charge is 0.295 e. The molecule has 0 heterocycles. The predicted molar refractivity (Wildman–Crippen MR) is 74.7 cm³/mol. The van der Waals surface area contributed by atoms with E-state index in [4.69, 9.17) is 0 Å². The highest BCUT2D eigenvalue weighted by molar-refractivity contribution is 9.10. The molecule has 1 atom stereocenters. The molecule has 0 amide bonds. The van der Waals surface area contributed by atoms with Gasteiger partial charge in [-0.3, -0.25) is 4.79 Å². The Bertz CT molecular complexity index is 442. The van der Waals surface area contributed by atoms with Crippen molar-refractivity contribution in [2.24, 2.45) is 5.92 Å². The second-order valence-electron chi connectivity index (χ2n) is 4.27. The van der Waals surface area contributed by atoms with E-state index in [9.17, 15) is 4.79 Å². The molecule has 0 saturated heterocycles. The Labute approximate surface area is 110 Å². The van der Waals surface area contributed by atoms with Gasteiger partial charge in [-0.2, -0.15) is 0 Å². The molecular formula is C15H15BrO. The van der Waals surface area contributed by atoms with E-state index in [1.165, 1.54) is 5.56 Å². The number of halogens is 1. The smallest absolute Gasteiger partial charge is 0.158 e. The van der Waals surface area contributed by atoms with Crippen LogP contribution in [0, 0.1) is 5.92 Å². The number of benzene rings is 1. The average Bonchev–Trinajstić information content (AvgIpc) is 2.34. The highest BCUT2D eigenvalue weighted by Crippen LogP contribution is 2.20. The molecule has 2 heteroatoms. The molecule has 0 spiro atoms. The van der Waals surface area contributed by atoms with E-state index >= 15 is 0 Å². The summed E-state index contributed by atoms with van der Waals surface area (Å²) in [5, 5.41) is 0. The number of hydrogen-bond acceptors (Lipinski definition) is 1. The lowest BCUT2D eigenvalue weighted by Crippen LogP contribution is -2.13. The lowest BCUT2D eigenvalue weighted by molar-refractivity contribution is -0.118. The molecule has 1 nitrogen and oxygen atoms in total. The summed E-state index contributed by atoms with van der Waals surface area (Å²) in [7, 11) is 0. The van der Waals surface area contributed by atoms with Gasteiger partial charge in [0.25, 0.3) is 0 Å². The molecule has 1 aliphatic rings. The molecule has 0 aromatic heterocycles.